The minimum absolute atomic E-state index is 0.0347. The fourth-order valence-corrected chi connectivity index (χ4v) is 1.42. The Morgan fingerprint density at radius 2 is 2.11 bits per heavy atom. The van der Waals surface area contributed by atoms with Gasteiger partial charge in [-0.3, -0.25) is 4.79 Å². The number of anilines is 2. The average molecular weight is 268 g/mol. The topological polar surface area (TPSA) is 114 Å². The van der Waals surface area contributed by atoms with E-state index in [0.717, 1.165) is 0 Å². The summed E-state index contributed by atoms with van der Waals surface area (Å²) >= 11 is 0. The van der Waals surface area contributed by atoms with E-state index in [0.29, 0.717) is 43.6 Å². The van der Waals surface area contributed by atoms with Crippen LogP contribution in [0.15, 0.2) is 6.07 Å². The van der Waals surface area contributed by atoms with Crippen molar-refractivity contribution < 1.29 is 9.53 Å². The Hall–Kier alpha value is -1.93. The molecule has 0 unspecified atom stereocenters. The summed E-state index contributed by atoms with van der Waals surface area (Å²) in [7, 11) is 1.59. The lowest BCUT2D eigenvalue weighted by Gasteiger charge is -2.08. The summed E-state index contributed by atoms with van der Waals surface area (Å²) in [6.45, 7) is 3.28. The number of nitrogen functional groups attached to an aromatic ring is 1. The van der Waals surface area contributed by atoms with Crippen LogP contribution in [0.3, 0.4) is 0 Å². The number of methoxy groups -OCH3 is 1. The maximum atomic E-state index is 11.4. The highest BCUT2D eigenvalue weighted by atomic mass is 16.5. The second-order valence-electron chi connectivity index (χ2n) is 3.85. The summed E-state index contributed by atoms with van der Waals surface area (Å²) in [4.78, 5) is 19.7. The van der Waals surface area contributed by atoms with Crippen molar-refractivity contribution in [3.05, 3.63) is 11.9 Å². The largest absolute Gasteiger partial charge is 0.383 e. The summed E-state index contributed by atoms with van der Waals surface area (Å²) in [5.74, 6) is 7.01. The van der Waals surface area contributed by atoms with Crippen molar-refractivity contribution >= 4 is 17.5 Å². The Labute approximate surface area is 112 Å². The van der Waals surface area contributed by atoms with E-state index in [1.165, 1.54) is 0 Å². The Morgan fingerprint density at radius 1 is 1.37 bits per heavy atom. The summed E-state index contributed by atoms with van der Waals surface area (Å²) in [6, 6.07) is 1.68. The zero-order chi connectivity index (χ0) is 14.1. The lowest BCUT2D eigenvalue weighted by Crippen LogP contribution is -2.28. The molecule has 0 saturated heterocycles. The van der Waals surface area contributed by atoms with Crippen LogP contribution in [0.1, 0.15) is 12.2 Å². The molecule has 8 nitrogen and oxygen atoms in total. The second kappa shape index (κ2) is 8.22. The van der Waals surface area contributed by atoms with Gasteiger partial charge in [0.25, 0.3) is 0 Å². The molecule has 0 radical (unpaired) electrons. The van der Waals surface area contributed by atoms with Crippen molar-refractivity contribution in [2.24, 2.45) is 5.84 Å². The molecule has 0 atom stereocenters. The number of hydrogen-bond donors (Lipinski definition) is 4. The second-order valence-corrected chi connectivity index (χ2v) is 3.85. The van der Waals surface area contributed by atoms with Gasteiger partial charge in [-0.25, -0.2) is 15.8 Å². The molecular weight excluding hydrogens is 248 g/mol. The molecule has 1 amide bonds. The SMILES string of the molecule is COCCNC(=O)CCNc1cc(NN)nc(C)n1. The number of nitrogens with two attached hydrogens (primary N) is 1. The van der Waals surface area contributed by atoms with Gasteiger partial charge < -0.3 is 20.8 Å². The van der Waals surface area contributed by atoms with Crippen LogP contribution in [0.2, 0.25) is 0 Å². The van der Waals surface area contributed by atoms with E-state index in [1.807, 2.05) is 0 Å². The number of aromatic nitrogens is 2. The molecule has 19 heavy (non-hydrogen) atoms. The lowest BCUT2D eigenvalue weighted by molar-refractivity contribution is -0.121. The number of carbonyl (C=O) groups is 1. The molecule has 0 aliphatic heterocycles. The minimum Gasteiger partial charge on any atom is -0.383 e. The minimum atomic E-state index is -0.0347. The Balaban J connectivity index is 2.32. The first kappa shape index (κ1) is 15.1. The Morgan fingerprint density at radius 3 is 2.79 bits per heavy atom. The van der Waals surface area contributed by atoms with Crippen LogP contribution in [0, 0.1) is 6.92 Å². The molecule has 0 spiro atoms. The van der Waals surface area contributed by atoms with Gasteiger partial charge in [0.05, 0.1) is 6.61 Å². The molecular formula is C11H20N6O2. The van der Waals surface area contributed by atoms with Crippen LogP contribution >= 0.6 is 0 Å². The first-order valence-corrected chi connectivity index (χ1v) is 5.97. The molecule has 0 aliphatic carbocycles. The molecule has 1 heterocycles. The van der Waals surface area contributed by atoms with E-state index in [4.69, 9.17) is 10.6 Å². The van der Waals surface area contributed by atoms with Crippen LogP contribution in [-0.4, -0.2) is 42.7 Å². The van der Waals surface area contributed by atoms with Crippen molar-refractivity contribution in [1.82, 2.24) is 15.3 Å². The number of nitrogens with zero attached hydrogens (tertiary/aromatic N) is 2. The van der Waals surface area contributed by atoms with E-state index in [9.17, 15) is 4.79 Å². The molecule has 0 saturated carbocycles. The third-order valence-corrected chi connectivity index (χ3v) is 2.27. The van der Waals surface area contributed by atoms with E-state index in [1.54, 1.807) is 20.1 Å². The fourth-order valence-electron chi connectivity index (χ4n) is 1.42. The highest BCUT2D eigenvalue weighted by molar-refractivity contribution is 5.76. The number of rotatable bonds is 8. The normalized spacial score (nSPS) is 10.1. The summed E-state index contributed by atoms with van der Waals surface area (Å²) in [5.41, 5.74) is 2.46. The smallest absolute Gasteiger partial charge is 0.221 e. The van der Waals surface area contributed by atoms with Crippen molar-refractivity contribution in [2.45, 2.75) is 13.3 Å². The molecule has 0 aromatic carbocycles. The first-order chi connectivity index (χ1) is 9.15. The molecule has 0 aliphatic rings. The predicted molar refractivity (Wildman–Crippen MR) is 72.6 cm³/mol. The number of hydrogen-bond acceptors (Lipinski definition) is 7. The van der Waals surface area contributed by atoms with Gasteiger partial charge in [0.2, 0.25) is 5.91 Å². The summed E-state index contributed by atoms with van der Waals surface area (Å²) in [5, 5.41) is 5.78. The molecule has 1 rings (SSSR count). The third kappa shape index (κ3) is 5.98. The standard InChI is InChI=1S/C11H20N6O2/c1-8-15-9(7-10(16-8)17-12)13-4-3-11(18)14-5-6-19-2/h7H,3-6,12H2,1-2H3,(H,14,18)(H2,13,15,16,17). The first-order valence-electron chi connectivity index (χ1n) is 5.97. The number of hydrazine groups is 1. The average Bonchev–Trinajstić information content (AvgIpc) is 2.38. The highest BCUT2D eigenvalue weighted by Gasteiger charge is 2.03. The van der Waals surface area contributed by atoms with Crippen LogP contribution in [0.5, 0.6) is 0 Å². The van der Waals surface area contributed by atoms with Gasteiger partial charge in [0, 0.05) is 32.7 Å². The zero-order valence-electron chi connectivity index (χ0n) is 11.2. The van der Waals surface area contributed by atoms with Gasteiger partial charge in [0.15, 0.2) is 0 Å². The zero-order valence-corrected chi connectivity index (χ0v) is 11.2. The number of ether oxygens (including phenoxy) is 1. The van der Waals surface area contributed by atoms with E-state index < -0.39 is 0 Å². The Kier molecular flexibility index (Phi) is 6.55. The molecule has 5 N–H and O–H groups in total. The van der Waals surface area contributed by atoms with Crippen LogP contribution < -0.4 is 21.9 Å². The molecule has 0 bridgehead atoms. The molecule has 8 heteroatoms. The maximum Gasteiger partial charge on any atom is 0.221 e. The fraction of sp³-hybridized carbons (Fsp3) is 0.545. The van der Waals surface area contributed by atoms with E-state index in [2.05, 4.69) is 26.0 Å². The highest BCUT2D eigenvalue weighted by Crippen LogP contribution is 2.09. The lowest BCUT2D eigenvalue weighted by atomic mass is 10.4. The monoisotopic (exact) mass is 268 g/mol. The van der Waals surface area contributed by atoms with E-state index in [-0.39, 0.29) is 5.91 Å². The molecule has 1 aromatic rings. The number of carbonyl (C=O) groups excluding carboxylic acids is 1. The number of nitrogens with one attached hydrogen (secondary N) is 3. The van der Waals surface area contributed by atoms with Gasteiger partial charge in [0.1, 0.15) is 17.5 Å². The predicted octanol–water partition coefficient (Wildman–Crippen LogP) is -0.365. The number of amides is 1. The quantitative estimate of drug-likeness (QED) is 0.289. The third-order valence-electron chi connectivity index (χ3n) is 2.27. The van der Waals surface area contributed by atoms with Gasteiger partial charge in [-0.2, -0.15) is 0 Å². The maximum absolute atomic E-state index is 11.4. The van der Waals surface area contributed by atoms with Gasteiger partial charge in [-0.1, -0.05) is 0 Å². The van der Waals surface area contributed by atoms with Crippen molar-refractivity contribution in [3.8, 4) is 0 Å². The summed E-state index contributed by atoms with van der Waals surface area (Å²) in [6.07, 6.45) is 0.359. The van der Waals surface area contributed by atoms with Gasteiger partial charge in [-0.15, -0.1) is 0 Å². The summed E-state index contributed by atoms with van der Waals surface area (Å²) < 4.78 is 4.84. The molecule has 106 valence electrons. The van der Waals surface area contributed by atoms with Crippen molar-refractivity contribution in [1.29, 1.82) is 0 Å². The van der Waals surface area contributed by atoms with Gasteiger partial charge in [-0.05, 0) is 6.92 Å². The van der Waals surface area contributed by atoms with Crippen LogP contribution in [0.4, 0.5) is 11.6 Å². The van der Waals surface area contributed by atoms with Crippen LogP contribution in [-0.2, 0) is 9.53 Å². The Bertz CT molecular complexity index is 412. The van der Waals surface area contributed by atoms with Crippen molar-refractivity contribution in [3.63, 3.8) is 0 Å². The van der Waals surface area contributed by atoms with Crippen molar-refractivity contribution in [2.75, 3.05) is 37.5 Å². The van der Waals surface area contributed by atoms with E-state index >= 15 is 0 Å². The van der Waals surface area contributed by atoms with Gasteiger partial charge >= 0.3 is 0 Å². The molecule has 0 fully saturated rings. The van der Waals surface area contributed by atoms with Crippen LogP contribution in [0.25, 0.3) is 0 Å². The number of aryl methyl sites for hydroxylation is 1. The molecule has 1 aromatic heterocycles.